The molecule has 0 spiro atoms. The number of rotatable bonds is 6. The molecule has 9 nitrogen and oxygen atoms in total. The topological polar surface area (TPSA) is 139 Å². The number of aryl methyl sites for hydroxylation is 3. The van der Waals surface area contributed by atoms with Crippen molar-refractivity contribution in [3.63, 3.8) is 0 Å². The number of carbonyl (C=O) groups excluding carboxylic acids is 3. The molecule has 0 aliphatic heterocycles. The Balaban J connectivity index is 0.000000271. The van der Waals surface area contributed by atoms with Gasteiger partial charge in [-0.25, -0.2) is 0 Å². The first kappa shape index (κ1) is 29.5. The van der Waals surface area contributed by atoms with Crippen molar-refractivity contribution in [2.75, 3.05) is 53.0 Å². The van der Waals surface area contributed by atoms with E-state index in [1.807, 2.05) is 51.4 Å². The van der Waals surface area contributed by atoms with Crippen molar-refractivity contribution in [2.24, 2.45) is 0 Å². The number of imide groups is 1. The van der Waals surface area contributed by atoms with Crippen molar-refractivity contribution in [1.29, 1.82) is 0 Å². The summed E-state index contributed by atoms with van der Waals surface area (Å²) >= 11 is 0. The summed E-state index contributed by atoms with van der Waals surface area (Å²) < 4.78 is 0. The fourth-order valence-corrected chi connectivity index (χ4v) is 3.42. The molecule has 0 saturated carbocycles. The summed E-state index contributed by atoms with van der Waals surface area (Å²) in [6, 6.07) is 16.4. The lowest BCUT2D eigenvalue weighted by atomic mass is 10.1. The van der Waals surface area contributed by atoms with E-state index in [9.17, 15) is 14.4 Å². The normalized spacial score (nSPS) is 9.50. The van der Waals surface area contributed by atoms with E-state index in [1.54, 1.807) is 38.2 Å². The van der Waals surface area contributed by atoms with Crippen molar-refractivity contribution in [2.45, 2.75) is 20.8 Å². The lowest BCUT2D eigenvalue weighted by Crippen LogP contribution is -2.19. The van der Waals surface area contributed by atoms with E-state index in [4.69, 9.17) is 17.2 Å². The van der Waals surface area contributed by atoms with Gasteiger partial charge in [-0.2, -0.15) is 0 Å². The molecule has 9 heteroatoms. The van der Waals surface area contributed by atoms with Crippen molar-refractivity contribution in [3.05, 3.63) is 71.3 Å². The van der Waals surface area contributed by atoms with Gasteiger partial charge in [-0.1, -0.05) is 0 Å². The Kier molecular flexibility index (Phi) is 11.5. The minimum atomic E-state index is 0.464. The monoisotopic (exact) mass is 492 g/mol. The molecular weight excluding hydrogens is 456 g/mol. The molecule has 36 heavy (non-hydrogen) atoms. The zero-order valence-corrected chi connectivity index (χ0v) is 21.7. The van der Waals surface area contributed by atoms with E-state index in [0.29, 0.717) is 24.2 Å². The maximum absolute atomic E-state index is 10.4. The second-order valence-electron chi connectivity index (χ2n) is 8.37. The van der Waals surface area contributed by atoms with Gasteiger partial charge < -0.3 is 27.0 Å². The number of hydrogen-bond donors (Lipinski definition) is 3. The van der Waals surface area contributed by atoms with Gasteiger partial charge in [-0.15, -0.1) is 0 Å². The SMILES string of the molecule is Cc1cc(N)ccc1N(C)C.Cc1cc(N)ccc1N(C)C=O.Cc1cc(N)ccc1N(C=O)C=O. The molecule has 0 atom stereocenters. The zero-order chi connectivity index (χ0) is 27.4. The van der Waals surface area contributed by atoms with Gasteiger partial charge in [-0.3, -0.25) is 19.3 Å². The second-order valence-corrected chi connectivity index (χ2v) is 8.37. The number of nitrogens with two attached hydrogens (primary N) is 3. The molecule has 0 aliphatic rings. The minimum Gasteiger partial charge on any atom is -0.399 e. The molecule has 3 aromatic rings. The predicted octanol–water partition coefficient (Wildman–Crippen LogP) is 3.51. The van der Waals surface area contributed by atoms with Crippen LogP contribution in [-0.2, 0) is 14.4 Å². The van der Waals surface area contributed by atoms with Crippen LogP contribution in [0.3, 0.4) is 0 Å². The van der Waals surface area contributed by atoms with Crippen LogP contribution in [0.2, 0.25) is 0 Å². The summed E-state index contributed by atoms with van der Waals surface area (Å²) in [5, 5.41) is 0. The summed E-state index contributed by atoms with van der Waals surface area (Å²) in [6.45, 7) is 5.77. The lowest BCUT2D eigenvalue weighted by molar-refractivity contribution is -0.114. The first-order chi connectivity index (χ1) is 16.9. The van der Waals surface area contributed by atoms with Gasteiger partial charge in [0.25, 0.3) is 0 Å². The second kappa shape index (κ2) is 14.0. The number of nitrogen functional groups attached to an aromatic ring is 3. The highest BCUT2D eigenvalue weighted by Gasteiger charge is 2.06. The first-order valence-electron chi connectivity index (χ1n) is 11.1. The highest BCUT2D eigenvalue weighted by atomic mass is 16.2. The molecule has 0 fully saturated rings. The van der Waals surface area contributed by atoms with Crippen LogP contribution in [0.1, 0.15) is 16.7 Å². The highest BCUT2D eigenvalue weighted by molar-refractivity contribution is 5.96. The number of amides is 3. The molecule has 0 bridgehead atoms. The summed E-state index contributed by atoms with van der Waals surface area (Å²) in [4.78, 5) is 35.9. The zero-order valence-electron chi connectivity index (χ0n) is 21.7. The number of anilines is 6. The van der Waals surface area contributed by atoms with Crippen molar-refractivity contribution in [3.8, 4) is 0 Å². The molecule has 0 saturated heterocycles. The minimum absolute atomic E-state index is 0.464. The van der Waals surface area contributed by atoms with Gasteiger partial charge in [0.05, 0.1) is 5.69 Å². The third-order valence-electron chi connectivity index (χ3n) is 5.19. The molecule has 192 valence electrons. The van der Waals surface area contributed by atoms with Crippen molar-refractivity contribution >= 4 is 53.4 Å². The Morgan fingerprint density at radius 3 is 1.22 bits per heavy atom. The van der Waals surface area contributed by atoms with Gasteiger partial charge >= 0.3 is 0 Å². The van der Waals surface area contributed by atoms with Gasteiger partial charge in [0, 0.05) is 49.6 Å². The number of hydrogen-bond acceptors (Lipinski definition) is 7. The Hall–Kier alpha value is -4.53. The molecular formula is C27H36N6O3. The number of benzene rings is 3. The molecule has 0 unspecified atom stereocenters. The average molecular weight is 493 g/mol. The smallest absolute Gasteiger partial charge is 0.220 e. The fourth-order valence-electron chi connectivity index (χ4n) is 3.42. The average Bonchev–Trinajstić information content (AvgIpc) is 2.81. The fraction of sp³-hybridized carbons (Fsp3) is 0.222. The van der Waals surface area contributed by atoms with Crippen LogP contribution in [-0.4, -0.2) is 40.4 Å². The largest absolute Gasteiger partial charge is 0.399 e. The Labute approximate surface area is 213 Å². The van der Waals surface area contributed by atoms with Crippen molar-refractivity contribution in [1.82, 2.24) is 0 Å². The molecule has 6 N–H and O–H groups in total. The predicted molar refractivity (Wildman–Crippen MR) is 150 cm³/mol. The molecule has 3 rings (SSSR count). The van der Waals surface area contributed by atoms with E-state index in [1.165, 1.54) is 16.2 Å². The van der Waals surface area contributed by atoms with E-state index in [0.717, 1.165) is 39.5 Å². The van der Waals surface area contributed by atoms with Crippen LogP contribution in [0.15, 0.2) is 54.6 Å². The van der Waals surface area contributed by atoms with Crippen LogP contribution < -0.4 is 31.9 Å². The molecule has 0 heterocycles. The van der Waals surface area contributed by atoms with Crippen molar-refractivity contribution < 1.29 is 14.4 Å². The standard InChI is InChI=1S/C9H10N2O2.C9H12N2O.C9H14N2/c1-7-4-8(10)2-3-9(7)11(5-12)6-13;1-7-5-8(10)3-4-9(7)11(2)6-12;1-7-6-8(10)4-5-9(7)11(2)3/h2-6H,10H2,1H3;3-6H,10H2,1-2H3;4-6H,10H2,1-3H3. The van der Waals surface area contributed by atoms with Crippen LogP contribution in [0.5, 0.6) is 0 Å². The summed E-state index contributed by atoms with van der Waals surface area (Å²) in [6.07, 6.45) is 1.70. The third kappa shape index (κ3) is 8.68. The third-order valence-corrected chi connectivity index (χ3v) is 5.19. The summed E-state index contributed by atoms with van der Waals surface area (Å²) in [5.74, 6) is 0. The van der Waals surface area contributed by atoms with E-state index in [2.05, 4.69) is 11.8 Å². The summed E-state index contributed by atoms with van der Waals surface area (Å²) in [7, 11) is 5.77. The van der Waals surface area contributed by atoms with Crippen LogP contribution in [0.25, 0.3) is 0 Å². The van der Waals surface area contributed by atoms with Crippen LogP contribution >= 0.6 is 0 Å². The van der Waals surface area contributed by atoms with Crippen LogP contribution in [0, 0.1) is 20.8 Å². The first-order valence-corrected chi connectivity index (χ1v) is 11.1. The van der Waals surface area contributed by atoms with Gasteiger partial charge in [0.15, 0.2) is 0 Å². The van der Waals surface area contributed by atoms with Gasteiger partial charge in [0.1, 0.15) is 0 Å². The Bertz CT molecular complexity index is 1170. The lowest BCUT2D eigenvalue weighted by Gasteiger charge is -2.15. The quantitative estimate of drug-likeness (QED) is 0.353. The van der Waals surface area contributed by atoms with E-state index < -0.39 is 0 Å². The van der Waals surface area contributed by atoms with Gasteiger partial charge in [-0.05, 0) is 92.1 Å². The Morgan fingerprint density at radius 1 is 0.556 bits per heavy atom. The maximum Gasteiger partial charge on any atom is 0.220 e. The molecule has 3 amide bonds. The van der Waals surface area contributed by atoms with E-state index >= 15 is 0 Å². The number of carbonyl (C=O) groups is 3. The van der Waals surface area contributed by atoms with E-state index in [-0.39, 0.29) is 0 Å². The molecule has 0 aromatic heterocycles. The Morgan fingerprint density at radius 2 is 0.917 bits per heavy atom. The molecule has 3 aromatic carbocycles. The molecule has 0 radical (unpaired) electrons. The number of nitrogens with zero attached hydrogens (tertiary/aromatic N) is 3. The molecule has 0 aliphatic carbocycles. The van der Waals surface area contributed by atoms with Gasteiger partial charge in [0.2, 0.25) is 19.2 Å². The maximum atomic E-state index is 10.4. The summed E-state index contributed by atoms with van der Waals surface area (Å²) in [5.41, 5.74) is 24.5. The highest BCUT2D eigenvalue weighted by Crippen LogP contribution is 2.21. The van der Waals surface area contributed by atoms with Crippen LogP contribution in [0.4, 0.5) is 34.1 Å².